The van der Waals surface area contributed by atoms with E-state index >= 15 is 0 Å². The highest BCUT2D eigenvalue weighted by molar-refractivity contribution is 14.1. The predicted octanol–water partition coefficient (Wildman–Crippen LogP) is 2.78. The lowest BCUT2D eigenvalue weighted by molar-refractivity contribution is 0.186. The van der Waals surface area contributed by atoms with Crippen molar-refractivity contribution in [3.8, 4) is 0 Å². The van der Waals surface area contributed by atoms with Crippen LogP contribution in [0.15, 0.2) is 24.3 Å². The first-order valence-electron chi connectivity index (χ1n) is 4.76. The van der Waals surface area contributed by atoms with Crippen LogP contribution in [0.4, 0.5) is 4.39 Å². The van der Waals surface area contributed by atoms with Crippen molar-refractivity contribution in [2.24, 2.45) is 0 Å². The summed E-state index contributed by atoms with van der Waals surface area (Å²) in [6.07, 6.45) is -1.48. The molecule has 0 amide bonds. The normalized spacial score (nSPS) is 17.5. The number of aliphatic hydroxyl groups is 1. The third-order valence-corrected chi connectivity index (χ3v) is 8.64. The van der Waals surface area contributed by atoms with Gasteiger partial charge in [0.05, 0.1) is 0 Å². The average molecular weight is 437 g/mol. The van der Waals surface area contributed by atoms with Gasteiger partial charge >= 0.3 is 0 Å². The molecule has 0 spiro atoms. The van der Waals surface area contributed by atoms with Crippen LogP contribution in [-0.4, -0.2) is 20.9 Å². The Bertz CT molecular complexity index is 504. The van der Waals surface area contributed by atoms with Gasteiger partial charge in [-0.05, 0) is 28.7 Å². The molecule has 2 atom stereocenters. The minimum atomic E-state index is -3.58. The third kappa shape index (κ3) is 2.99. The first-order chi connectivity index (χ1) is 7.74. The smallest absolute Gasteiger partial charge is 0.207 e. The number of aliphatic hydroxyl groups excluding tert-OH is 1. The Balaban J connectivity index is 3.23. The zero-order chi connectivity index (χ0) is 13.3. The Morgan fingerprint density at radius 3 is 2.53 bits per heavy atom. The van der Waals surface area contributed by atoms with Gasteiger partial charge in [0.1, 0.15) is 11.9 Å². The van der Waals surface area contributed by atoms with E-state index in [1.54, 1.807) is 28.7 Å². The molecule has 0 fully saturated rings. The van der Waals surface area contributed by atoms with Crippen LogP contribution in [0.5, 0.6) is 0 Å². The third-order valence-electron chi connectivity index (χ3n) is 2.31. The monoisotopic (exact) mass is 436 g/mol. The minimum absolute atomic E-state index is 0.0456. The van der Waals surface area contributed by atoms with Crippen LogP contribution < -0.4 is 0 Å². The highest BCUT2D eigenvalue weighted by Crippen LogP contribution is 2.45. The number of rotatable bonds is 4. The maximum absolute atomic E-state index is 13.5. The molecule has 7 heteroatoms. The van der Waals surface area contributed by atoms with Crippen LogP contribution in [0.2, 0.25) is 0 Å². The lowest BCUT2D eigenvalue weighted by atomic mass is 10.1. The molecule has 1 aromatic carbocycles. The van der Waals surface area contributed by atoms with Crippen molar-refractivity contribution in [2.75, 3.05) is 5.75 Å². The SMILES string of the molecule is CCS(=O)(=O)[C@@](Br)(I)[C@H](O)c1ccccc1F. The van der Waals surface area contributed by atoms with Gasteiger partial charge in [0.2, 0.25) is 1.66 Å². The highest BCUT2D eigenvalue weighted by Gasteiger charge is 2.45. The summed E-state index contributed by atoms with van der Waals surface area (Å²) < 4.78 is 35.5. The first-order valence-corrected chi connectivity index (χ1v) is 8.29. The average Bonchev–Trinajstić information content (AvgIpc) is 2.28. The summed E-state index contributed by atoms with van der Waals surface area (Å²) in [6, 6.07) is 5.56. The molecule has 3 nitrogen and oxygen atoms in total. The van der Waals surface area contributed by atoms with Gasteiger partial charge in [0, 0.05) is 11.3 Å². The number of alkyl halides is 2. The number of hydrogen-bond donors (Lipinski definition) is 1. The molecule has 0 heterocycles. The largest absolute Gasteiger partial charge is 0.385 e. The summed E-state index contributed by atoms with van der Waals surface area (Å²) in [6.45, 7) is 1.47. The predicted molar refractivity (Wildman–Crippen MR) is 76.5 cm³/mol. The van der Waals surface area contributed by atoms with Gasteiger partial charge in [-0.2, -0.15) is 0 Å². The van der Waals surface area contributed by atoms with Gasteiger partial charge in [-0.25, -0.2) is 12.8 Å². The van der Waals surface area contributed by atoms with E-state index in [1.807, 2.05) is 0 Å². The summed E-state index contributed by atoms with van der Waals surface area (Å²) in [5.41, 5.74) is -0.0456. The van der Waals surface area contributed by atoms with Crippen molar-refractivity contribution >= 4 is 48.4 Å². The van der Waals surface area contributed by atoms with Crippen molar-refractivity contribution < 1.29 is 17.9 Å². The molecule has 0 bridgehead atoms. The van der Waals surface area contributed by atoms with Crippen molar-refractivity contribution in [1.29, 1.82) is 0 Å². The Labute approximate surface area is 122 Å². The molecular weight excluding hydrogens is 426 g/mol. The zero-order valence-corrected chi connectivity index (χ0v) is 13.5. The standard InChI is InChI=1S/C10H11BrFIO3S/c1-2-17(15,16)10(11,13)9(14)7-5-3-4-6-8(7)12/h3-6,9,14H,2H2,1H3/t9-,10+/m1/s1. The van der Waals surface area contributed by atoms with Gasteiger partial charge in [-0.15, -0.1) is 0 Å². The van der Waals surface area contributed by atoms with E-state index in [1.165, 1.54) is 25.1 Å². The second-order valence-corrected chi connectivity index (χ2v) is 11.5. The maximum Gasteiger partial charge on any atom is 0.207 e. The van der Waals surface area contributed by atoms with Gasteiger partial charge in [0.15, 0.2) is 9.84 Å². The van der Waals surface area contributed by atoms with Crippen molar-refractivity contribution in [1.82, 2.24) is 0 Å². The molecule has 0 aliphatic rings. The van der Waals surface area contributed by atoms with Crippen LogP contribution in [0.3, 0.4) is 0 Å². The molecule has 0 saturated carbocycles. The molecule has 1 rings (SSSR count). The summed E-state index contributed by atoms with van der Waals surface area (Å²) >= 11 is 4.56. The van der Waals surface area contributed by atoms with Crippen LogP contribution in [0.25, 0.3) is 0 Å². The number of benzene rings is 1. The van der Waals surface area contributed by atoms with E-state index in [9.17, 15) is 17.9 Å². The van der Waals surface area contributed by atoms with Crippen LogP contribution in [0.1, 0.15) is 18.6 Å². The molecular formula is C10H11BrFIO3S. The zero-order valence-electron chi connectivity index (χ0n) is 8.90. The van der Waals surface area contributed by atoms with Crippen molar-refractivity contribution in [3.63, 3.8) is 0 Å². The van der Waals surface area contributed by atoms with Crippen LogP contribution >= 0.6 is 38.5 Å². The summed E-state index contributed by atoms with van der Waals surface area (Å²) in [4.78, 5) is 0. The molecule has 0 aliphatic carbocycles. The van der Waals surface area contributed by atoms with Gasteiger partial charge < -0.3 is 5.11 Å². The van der Waals surface area contributed by atoms with Gasteiger partial charge in [0.25, 0.3) is 0 Å². The quantitative estimate of drug-likeness (QED) is 0.583. The lowest BCUT2D eigenvalue weighted by Gasteiger charge is -2.26. The van der Waals surface area contributed by atoms with E-state index in [0.29, 0.717) is 0 Å². The first kappa shape index (κ1) is 15.3. The fourth-order valence-corrected chi connectivity index (χ4v) is 4.30. The topological polar surface area (TPSA) is 54.4 Å². The van der Waals surface area contributed by atoms with E-state index in [2.05, 4.69) is 15.9 Å². The second kappa shape index (κ2) is 5.50. The molecule has 0 radical (unpaired) electrons. The molecule has 0 aliphatic heterocycles. The summed E-state index contributed by atoms with van der Waals surface area (Å²) in [5, 5.41) is 10.0. The minimum Gasteiger partial charge on any atom is -0.385 e. The maximum atomic E-state index is 13.5. The number of halogens is 3. The Morgan fingerprint density at radius 2 is 2.06 bits per heavy atom. The van der Waals surface area contributed by atoms with Crippen LogP contribution in [-0.2, 0) is 9.84 Å². The van der Waals surface area contributed by atoms with Crippen LogP contribution in [0, 0.1) is 5.82 Å². The van der Waals surface area contributed by atoms with Gasteiger partial charge in [-0.1, -0.05) is 41.1 Å². The Hall–Kier alpha value is 0.270. The molecule has 96 valence electrons. The second-order valence-electron chi connectivity index (χ2n) is 3.39. The molecule has 0 saturated heterocycles. The van der Waals surface area contributed by atoms with E-state index < -0.39 is 23.4 Å². The molecule has 0 aromatic heterocycles. The molecule has 0 unspecified atom stereocenters. The Kier molecular flexibility index (Phi) is 4.96. The van der Waals surface area contributed by atoms with E-state index in [4.69, 9.17) is 0 Å². The van der Waals surface area contributed by atoms with E-state index in [0.717, 1.165) is 0 Å². The van der Waals surface area contributed by atoms with E-state index in [-0.39, 0.29) is 11.3 Å². The lowest BCUT2D eigenvalue weighted by Crippen LogP contribution is -2.34. The summed E-state index contributed by atoms with van der Waals surface area (Å²) in [5.74, 6) is -0.779. The highest BCUT2D eigenvalue weighted by atomic mass is 127. The van der Waals surface area contributed by atoms with Gasteiger partial charge in [-0.3, -0.25) is 0 Å². The fourth-order valence-electron chi connectivity index (χ4n) is 1.24. The Morgan fingerprint density at radius 1 is 1.53 bits per heavy atom. The van der Waals surface area contributed by atoms with Crippen molar-refractivity contribution in [3.05, 3.63) is 35.6 Å². The van der Waals surface area contributed by atoms with Crippen molar-refractivity contribution in [2.45, 2.75) is 14.7 Å². The fraction of sp³-hybridized carbons (Fsp3) is 0.400. The number of sulfone groups is 1. The molecule has 1 N–H and O–H groups in total. The molecule has 1 aromatic rings. The molecule has 17 heavy (non-hydrogen) atoms. The summed E-state index contributed by atoms with van der Waals surface area (Å²) in [7, 11) is -3.58. The number of hydrogen-bond acceptors (Lipinski definition) is 3.